The van der Waals surface area contributed by atoms with Crippen LogP contribution in [0.1, 0.15) is 16.8 Å². The molecule has 1 amide bonds. The highest BCUT2D eigenvalue weighted by Crippen LogP contribution is 2.20. The van der Waals surface area contributed by atoms with Crippen LogP contribution in [0.3, 0.4) is 0 Å². The standard InChI is InChI=1S/C12H15ClINO3/c13-4-7-18-6-1-5-15-12(17)9-2-3-10(14)11(16)8-9/h2-3,8,16H,1,4-7H2,(H,15,17). The van der Waals surface area contributed by atoms with Gasteiger partial charge in [0.25, 0.3) is 5.91 Å². The summed E-state index contributed by atoms with van der Waals surface area (Å²) >= 11 is 7.46. The third-order valence-electron chi connectivity index (χ3n) is 2.18. The topological polar surface area (TPSA) is 58.6 Å². The monoisotopic (exact) mass is 383 g/mol. The van der Waals surface area contributed by atoms with E-state index >= 15 is 0 Å². The maximum absolute atomic E-state index is 11.7. The lowest BCUT2D eigenvalue weighted by molar-refractivity contribution is 0.0944. The van der Waals surface area contributed by atoms with Crippen molar-refractivity contribution in [1.29, 1.82) is 0 Å². The molecule has 0 unspecified atom stereocenters. The van der Waals surface area contributed by atoms with Crippen molar-refractivity contribution in [1.82, 2.24) is 5.32 Å². The van der Waals surface area contributed by atoms with E-state index in [0.29, 0.717) is 31.2 Å². The normalized spacial score (nSPS) is 10.3. The molecule has 0 saturated carbocycles. The van der Waals surface area contributed by atoms with Gasteiger partial charge in [-0.15, -0.1) is 11.6 Å². The van der Waals surface area contributed by atoms with Crippen LogP contribution in [0.5, 0.6) is 5.75 Å². The third kappa shape index (κ3) is 5.41. The van der Waals surface area contributed by atoms with E-state index in [9.17, 15) is 9.90 Å². The zero-order chi connectivity index (χ0) is 13.4. The van der Waals surface area contributed by atoms with Gasteiger partial charge in [0, 0.05) is 24.6 Å². The maximum atomic E-state index is 11.7. The lowest BCUT2D eigenvalue weighted by Crippen LogP contribution is -2.25. The number of halogens is 2. The Kier molecular flexibility index (Phi) is 7.38. The molecule has 4 nitrogen and oxygen atoms in total. The fourth-order valence-corrected chi connectivity index (χ4v) is 1.73. The van der Waals surface area contributed by atoms with Crippen LogP contribution in [0.2, 0.25) is 0 Å². The molecule has 18 heavy (non-hydrogen) atoms. The Morgan fingerprint density at radius 3 is 2.89 bits per heavy atom. The highest BCUT2D eigenvalue weighted by atomic mass is 127. The summed E-state index contributed by atoms with van der Waals surface area (Å²) in [5.74, 6) is 0.404. The summed E-state index contributed by atoms with van der Waals surface area (Å²) in [6.07, 6.45) is 0.735. The zero-order valence-corrected chi connectivity index (χ0v) is 12.7. The molecule has 0 bridgehead atoms. The minimum absolute atomic E-state index is 0.119. The van der Waals surface area contributed by atoms with E-state index in [4.69, 9.17) is 16.3 Å². The van der Waals surface area contributed by atoms with Gasteiger partial charge in [-0.2, -0.15) is 0 Å². The fraction of sp³-hybridized carbons (Fsp3) is 0.417. The van der Waals surface area contributed by atoms with Crippen LogP contribution in [0.4, 0.5) is 0 Å². The lowest BCUT2D eigenvalue weighted by atomic mass is 10.2. The second-order valence-corrected chi connectivity index (χ2v) is 5.12. The highest BCUT2D eigenvalue weighted by Gasteiger charge is 2.07. The molecule has 0 aliphatic heterocycles. The van der Waals surface area contributed by atoms with E-state index in [0.717, 1.165) is 9.99 Å². The van der Waals surface area contributed by atoms with E-state index in [2.05, 4.69) is 5.32 Å². The van der Waals surface area contributed by atoms with Crippen LogP contribution in [-0.4, -0.2) is 36.7 Å². The van der Waals surface area contributed by atoms with E-state index in [1.165, 1.54) is 6.07 Å². The van der Waals surface area contributed by atoms with Crippen LogP contribution in [0, 0.1) is 3.57 Å². The molecule has 0 aliphatic carbocycles. The number of carbonyl (C=O) groups is 1. The van der Waals surface area contributed by atoms with Gasteiger partial charge in [-0.3, -0.25) is 4.79 Å². The van der Waals surface area contributed by atoms with E-state index in [1.54, 1.807) is 12.1 Å². The van der Waals surface area contributed by atoms with Crippen LogP contribution < -0.4 is 5.32 Å². The Hall–Kier alpha value is -0.530. The SMILES string of the molecule is O=C(NCCCOCCCl)c1ccc(I)c(O)c1. The summed E-state index contributed by atoms with van der Waals surface area (Å²) < 4.78 is 5.90. The largest absolute Gasteiger partial charge is 0.507 e. The summed E-state index contributed by atoms with van der Waals surface area (Å²) in [7, 11) is 0. The van der Waals surface area contributed by atoms with Gasteiger partial charge in [-0.1, -0.05) is 0 Å². The first-order valence-electron chi connectivity index (χ1n) is 5.55. The average Bonchev–Trinajstić information content (AvgIpc) is 2.36. The lowest BCUT2D eigenvalue weighted by Gasteiger charge is -2.06. The number of carbonyl (C=O) groups excluding carboxylic acids is 1. The van der Waals surface area contributed by atoms with Crippen LogP contribution in [0.25, 0.3) is 0 Å². The van der Waals surface area contributed by atoms with Crippen LogP contribution in [0.15, 0.2) is 18.2 Å². The molecule has 0 radical (unpaired) electrons. The summed E-state index contributed by atoms with van der Waals surface area (Å²) in [4.78, 5) is 11.7. The number of nitrogens with one attached hydrogen (secondary N) is 1. The Balaban J connectivity index is 2.30. The molecular weight excluding hydrogens is 368 g/mol. The number of hydrogen-bond donors (Lipinski definition) is 2. The van der Waals surface area contributed by atoms with Crippen molar-refractivity contribution in [3.05, 3.63) is 27.3 Å². The van der Waals surface area contributed by atoms with Crippen molar-refractivity contribution < 1.29 is 14.6 Å². The average molecular weight is 384 g/mol. The van der Waals surface area contributed by atoms with Gasteiger partial charge in [0.2, 0.25) is 0 Å². The molecule has 0 aliphatic rings. The van der Waals surface area contributed by atoms with Crippen molar-refractivity contribution in [2.45, 2.75) is 6.42 Å². The van der Waals surface area contributed by atoms with Crippen molar-refractivity contribution in [3.63, 3.8) is 0 Å². The molecule has 0 heterocycles. The Bertz CT molecular complexity index is 401. The van der Waals surface area contributed by atoms with Gasteiger partial charge in [0.05, 0.1) is 10.2 Å². The quantitative estimate of drug-likeness (QED) is 0.432. The molecule has 0 aromatic heterocycles. The third-order valence-corrected chi connectivity index (χ3v) is 3.25. The van der Waals surface area contributed by atoms with Crippen LogP contribution in [-0.2, 0) is 4.74 Å². The number of phenols is 1. The molecule has 100 valence electrons. The van der Waals surface area contributed by atoms with E-state index in [1.807, 2.05) is 22.6 Å². The number of amides is 1. The van der Waals surface area contributed by atoms with Crippen LogP contribution >= 0.6 is 34.2 Å². The van der Waals surface area contributed by atoms with E-state index in [-0.39, 0.29) is 11.7 Å². The predicted octanol–water partition coefficient (Wildman–Crippen LogP) is 2.37. The van der Waals surface area contributed by atoms with Gasteiger partial charge in [0.15, 0.2) is 0 Å². The zero-order valence-electron chi connectivity index (χ0n) is 9.79. The first-order valence-corrected chi connectivity index (χ1v) is 7.17. The molecule has 0 fully saturated rings. The number of aromatic hydroxyl groups is 1. The summed E-state index contributed by atoms with van der Waals surface area (Å²) in [5.41, 5.74) is 0.453. The second kappa shape index (κ2) is 8.55. The predicted molar refractivity (Wildman–Crippen MR) is 79.3 cm³/mol. The summed E-state index contributed by atoms with van der Waals surface area (Å²) in [5, 5.41) is 12.3. The van der Waals surface area contributed by atoms with E-state index < -0.39 is 0 Å². The minimum Gasteiger partial charge on any atom is -0.507 e. The Morgan fingerprint density at radius 1 is 1.44 bits per heavy atom. The Labute approximate surface area is 125 Å². The van der Waals surface area contributed by atoms with Gasteiger partial charge in [-0.05, 0) is 47.2 Å². The van der Waals surface area contributed by atoms with Gasteiger partial charge < -0.3 is 15.2 Å². The number of benzene rings is 1. The molecule has 1 rings (SSSR count). The fourth-order valence-electron chi connectivity index (χ4n) is 1.29. The number of alkyl halides is 1. The molecule has 6 heteroatoms. The molecule has 0 atom stereocenters. The highest BCUT2D eigenvalue weighted by molar-refractivity contribution is 14.1. The first-order chi connectivity index (χ1) is 8.65. The van der Waals surface area contributed by atoms with Gasteiger partial charge in [-0.25, -0.2) is 0 Å². The summed E-state index contributed by atoms with van der Waals surface area (Å²) in [6.45, 7) is 1.64. The number of hydrogen-bond acceptors (Lipinski definition) is 3. The molecule has 1 aromatic carbocycles. The van der Waals surface area contributed by atoms with Gasteiger partial charge in [0.1, 0.15) is 5.75 Å². The first kappa shape index (κ1) is 15.5. The minimum atomic E-state index is -0.195. The van der Waals surface area contributed by atoms with Crippen molar-refractivity contribution in [3.8, 4) is 5.75 Å². The number of rotatable bonds is 7. The van der Waals surface area contributed by atoms with Crippen molar-refractivity contribution in [2.75, 3.05) is 25.6 Å². The smallest absolute Gasteiger partial charge is 0.251 e. The molecular formula is C12H15ClINO3. The molecule has 1 aromatic rings. The number of phenolic OH excluding ortho intramolecular Hbond substituents is 1. The summed E-state index contributed by atoms with van der Waals surface area (Å²) in [6, 6.07) is 4.84. The second-order valence-electron chi connectivity index (χ2n) is 3.58. The Morgan fingerprint density at radius 2 is 2.22 bits per heavy atom. The maximum Gasteiger partial charge on any atom is 0.251 e. The van der Waals surface area contributed by atoms with Crippen molar-refractivity contribution in [2.24, 2.45) is 0 Å². The molecule has 2 N–H and O–H groups in total. The van der Waals surface area contributed by atoms with Crippen molar-refractivity contribution >= 4 is 40.1 Å². The number of ether oxygens (including phenoxy) is 1. The molecule has 0 saturated heterocycles. The van der Waals surface area contributed by atoms with Gasteiger partial charge >= 0.3 is 0 Å². The molecule has 0 spiro atoms.